The Kier molecular flexibility index (Phi) is 2.38. The quantitative estimate of drug-likeness (QED) is 0.714. The van der Waals surface area contributed by atoms with Crippen molar-refractivity contribution in [3.63, 3.8) is 0 Å². The summed E-state index contributed by atoms with van der Waals surface area (Å²) in [5, 5.41) is 8.90. The van der Waals surface area contributed by atoms with Crippen LogP contribution in [0.4, 0.5) is 0 Å². The van der Waals surface area contributed by atoms with E-state index in [2.05, 4.69) is 34.0 Å². The summed E-state index contributed by atoms with van der Waals surface area (Å²) in [6.45, 7) is 0. The first kappa shape index (κ1) is 10.8. The smallest absolute Gasteiger partial charge is 0.181 e. The van der Waals surface area contributed by atoms with Gasteiger partial charge in [0.25, 0.3) is 0 Å². The van der Waals surface area contributed by atoms with Crippen LogP contribution in [-0.2, 0) is 6.42 Å². The SMILES string of the molecule is C1=Cc2c(-c3cocn3)nn(-c3ccsc3)c2CC1. The van der Waals surface area contributed by atoms with E-state index in [-0.39, 0.29) is 0 Å². The molecule has 0 aliphatic heterocycles. The molecule has 4 nitrogen and oxygen atoms in total. The fourth-order valence-corrected chi connectivity index (χ4v) is 3.03. The Morgan fingerprint density at radius 2 is 2.37 bits per heavy atom. The monoisotopic (exact) mass is 269 g/mol. The maximum absolute atomic E-state index is 5.08. The summed E-state index contributed by atoms with van der Waals surface area (Å²) < 4.78 is 7.10. The first-order chi connectivity index (χ1) is 9.43. The van der Waals surface area contributed by atoms with Crippen LogP contribution in [0.5, 0.6) is 0 Å². The van der Waals surface area contributed by atoms with Crippen LogP contribution in [0.25, 0.3) is 23.2 Å². The fourth-order valence-electron chi connectivity index (χ4n) is 2.41. The topological polar surface area (TPSA) is 43.9 Å². The first-order valence-corrected chi connectivity index (χ1v) is 7.07. The molecule has 4 rings (SSSR count). The summed E-state index contributed by atoms with van der Waals surface area (Å²) in [4.78, 5) is 4.22. The van der Waals surface area contributed by atoms with Crippen molar-refractivity contribution in [2.45, 2.75) is 12.8 Å². The number of hydrogen-bond donors (Lipinski definition) is 0. The zero-order valence-corrected chi connectivity index (χ0v) is 10.9. The van der Waals surface area contributed by atoms with E-state index in [1.54, 1.807) is 17.6 Å². The average molecular weight is 269 g/mol. The van der Waals surface area contributed by atoms with E-state index in [9.17, 15) is 0 Å². The Morgan fingerprint density at radius 1 is 1.37 bits per heavy atom. The van der Waals surface area contributed by atoms with E-state index >= 15 is 0 Å². The molecule has 1 aliphatic carbocycles. The molecule has 0 saturated heterocycles. The molecule has 0 radical (unpaired) electrons. The molecule has 3 aromatic heterocycles. The highest BCUT2D eigenvalue weighted by Crippen LogP contribution is 2.31. The maximum atomic E-state index is 5.08. The Bertz CT molecular complexity index is 723. The van der Waals surface area contributed by atoms with Gasteiger partial charge in [-0.25, -0.2) is 9.67 Å². The second kappa shape index (κ2) is 4.20. The van der Waals surface area contributed by atoms with Crippen molar-refractivity contribution < 1.29 is 4.42 Å². The minimum absolute atomic E-state index is 0.789. The zero-order chi connectivity index (χ0) is 12.7. The van der Waals surface area contributed by atoms with Gasteiger partial charge in [0.15, 0.2) is 6.39 Å². The normalized spacial score (nSPS) is 13.7. The molecule has 94 valence electrons. The van der Waals surface area contributed by atoms with Crippen molar-refractivity contribution in [2.75, 3.05) is 0 Å². The van der Waals surface area contributed by atoms with Gasteiger partial charge < -0.3 is 4.42 Å². The number of hydrogen-bond acceptors (Lipinski definition) is 4. The Balaban J connectivity index is 1.97. The number of rotatable bonds is 2. The molecule has 0 unspecified atom stereocenters. The molecule has 0 N–H and O–H groups in total. The number of fused-ring (bicyclic) bond motifs is 1. The lowest BCUT2D eigenvalue weighted by Crippen LogP contribution is -2.03. The van der Waals surface area contributed by atoms with Gasteiger partial charge in [0.05, 0.1) is 11.4 Å². The van der Waals surface area contributed by atoms with Gasteiger partial charge in [-0.1, -0.05) is 12.2 Å². The third kappa shape index (κ3) is 1.66. The number of allylic oxidation sites excluding steroid dienone is 1. The fraction of sp³-hybridized carbons (Fsp3) is 0.143. The number of thiophene rings is 1. The van der Waals surface area contributed by atoms with Gasteiger partial charge in [-0.2, -0.15) is 16.4 Å². The molecule has 1 aliphatic rings. The number of nitrogens with zero attached hydrogens (tertiary/aromatic N) is 3. The lowest BCUT2D eigenvalue weighted by molar-refractivity contribution is 0.558. The largest absolute Gasteiger partial charge is 0.451 e. The van der Waals surface area contributed by atoms with Gasteiger partial charge in [-0.05, 0) is 24.3 Å². The molecular weight excluding hydrogens is 258 g/mol. The summed E-state index contributed by atoms with van der Waals surface area (Å²) >= 11 is 1.68. The highest BCUT2D eigenvalue weighted by molar-refractivity contribution is 7.08. The molecule has 0 saturated carbocycles. The standard InChI is InChI=1S/C14H11N3OS/c1-2-4-13-11(3-1)14(12-7-18-9-15-12)16-17(13)10-5-6-19-8-10/h1,3,5-9H,2,4H2. The van der Waals surface area contributed by atoms with Gasteiger partial charge in [0, 0.05) is 10.9 Å². The van der Waals surface area contributed by atoms with E-state index in [1.165, 1.54) is 12.1 Å². The minimum atomic E-state index is 0.789. The highest BCUT2D eigenvalue weighted by atomic mass is 32.1. The van der Waals surface area contributed by atoms with Crippen LogP contribution in [0.2, 0.25) is 0 Å². The summed E-state index contributed by atoms with van der Waals surface area (Å²) in [7, 11) is 0. The van der Waals surface area contributed by atoms with Gasteiger partial charge in [-0.3, -0.25) is 0 Å². The van der Waals surface area contributed by atoms with Crippen molar-refractivity contribution in [3.05, 3.63) is 46.8 Å². The van der Waals surface area contributed by atoms with E-state index in [0.29, 0.717) is 0 Å². The molecule has 0 bridgehead atoms. The van der Waals surface area contributed by atoms with Crippen LogP contribution in [-0.4, -0.2) is 14.8 Å². The predicted molar refractivity (Wildman–Crippen MR) is 74.3 cm³/mol. The number of aromatic nitrogens is 3. The molecule has 3 aromatic rings. The third-order valence-corrected chi connectivity index (χ3v) is 3.95. The van der Waals surface area contributed by atoms with E-state index in [0.717, 1.165) is 35.5 Å². The summed E-state index contributed by atoms with van der Waals surface area (Å²) in [6, 6.07) is 2.09. The van der Waals surface area contributed by atoms with Crippen molar-refractivity contribution in [1.29, 1.82) is 0 Å². The second-order valence-corrected chi connectivity index (χ2v) is 5.20. The molecular formula is C14H11N3OS. The van der Waals surface area contributed by atoms with Crippen LogP contribution in [0.1, 0.15) is 17.7 Å². The van der Waals surface area contributed by atoms with Crippen LogP contribution >= 0.6 is 11.3 Å². The minimum Gasteiger partial charge on any atom is -0.451 e. The van der Waals surface area contributed by atoms with Crippen LogP contribution in [0.15, 0.2) is 40.0 Å². The van der Waals surface area contributed by atoms with Gasteiger partial charge in [0.1, 0.15) is 17.7 Å². The highest BCUT2D eigenvalue weighted by Gasteiger charge is 2.21. The van der Waals surface area contributed by atoms with Gasteiger partial charge >= 0.3 is 0 Å². The van der Waals surface area contributed by atoms with E-state index in [1.807, 2.05) is 4.68 Å². The third-order valence-electron chi connectivity index (χ3n) is 3.28. The van der Waals surface area contributed by atoms with Crippen molar-refractivity contribution >= 4 is 17.4 Å². The van der Waals surface area contributed by atoms with Crippen LogP contribution in [0.3, 0.4) is 0 Å². The van der Waals surface area contributed by atoms with Crippen molar-refractivity contribution in [3.8, 4) is 17.1 Å². The lowest BCUT2D eigenvalue weighted by Gasteiger charge is -2.08. The molecule has 0 atom stereocenters. The van der Waals surface area contributed by atoms with E-state index in [4.69, 9.17) is 9.52 Å². The van der Waals surface area contributed by atoms with Gasteiger partial charge in [-0.15, -0.1) is 0 Å². The molecule has 0 aromatic carbocycles. The Morgan fingerprint density at radius 3 is 3.16 bits per heavy atom. The first-order valence-electron chi connectivity index (χ1n) is 6.13. The maximum Gasteiger partial charge on any atom is 0.181 e. The molecule has 3 heterocycles. The predicted octanol–water partition coefficient (Wildman–Crippen LogP) is 3.55. The van der Waals surface area contributed by atoms with Gasteiger partial charge in [0.2, 0.25) is 0 Å². The molecule has 0 amide bonds. The molecule has 19 heavy (non-hydrogen) atoms. The zero-order valence-electron chi connectivity index (χ0n) is 10.1. The van der Waals surface area contributed by atoms with Crippen molar-refractivity contribution in [1.82, 2.24) is 14.8 Å². The summed E-state index contributed by atoms with van der Waals surface area (Å²) in [5.74, 6) is 0. The summed E-state index contributed by atoms with van der Waals surface area (Å²) in [5.41, 5.74) is 5.21. The van der Waals surface area contributed by atoms with Crippen LogP contribution in [0, 0.1) is 0 Å². The molecule has 5 heteroatoms. The second-order valence-electron chi connectivity index (χ2n) is 4.42. The molecule has 0 fully saturated rings. The Hall–Kier alpha value is -2.14. The van der Waals surface area contributed by atoms with Crippen LogP contribution < -0.4 is 0 Å². The summed E-state index contributed by atoms with van der Waals surface area (Å²) in [6.07, 6.45) is 9.47. The average Bonchev–Trinajstić information content (AvgIpc) is 3.18. The Labute approximate surface area is 114 Å². The molecule has 0 spiro atoms. The lowest BCUT2D eigenvalue weighted by atomic mass is 10.0. The van der Waals surface area contributed by atoms with E-state index < -0.39 is 0 Å². The number of oxazole rings is 1. The van der Waals surface area contributed by atoms with Crippen molar-refractivity contribution in [2.24, 2.45) is 0 Å².